The Labute approximate surface area is 177 Å². The van der Waals surface area contributed by atoms with Crippen LogP contribution in [0.15, 0.2) is 77.8 Å². The van der Waals surface area contributed by atoms with Crippen LogP contribution in [-0.2, 0) is 6.54 Å². The van der Waals surface area contributed by atoms with Gasteiger partial charge in [0.05, 0.1) is 22.4 Å². The molecule has 4 aromatic rings. The minimum Gasteiger partial charge on any atom is -0.348 e. The number of pyridine rings is 1. The molecule has 1 amide bonds. The van der Waals surface area contributed by atoms with Crippen LogP contribution in [0.5, 0.6) is 0 Å². The van der Waals surface area contributed by atoms with E-state index < -0.39 is 0 Å². The molecule has 1 aliphatic rings. The van der Waals surface area contributed by atoms with Gasteiger partial charge in [0.1, 0.15) is 0 Å². The predicted molar refractivity (Wildman–Crippen MR) is 120 cm³/mol. The third-order valence-corrected chi connectivity index (χ3v) is 5.62. The van der Waals surface area contributed by atoms with E-state index >= 15 is 0 Å². The first-order valence-electron chi connectivity index (χ1n) is 9.66. The van der Waals surface area contributed by atoms with Gasteiger partial charge in [-0.3, -0.25) is 9.78 Å². The molecule has 1 aromatic carbocycles. The summed E-state index contributed by atoms with van der Waals surface area (Å²) in [6.45, 7) is 0.427. The van der Waals surface area contributed by atoms with Crippen molar-refractivity contribution < 1.29 is 4.79 Å². The van der Waals surface area contributed by atoms with Crippen LogP contribution < -0.4 is 5.32 Å². The van der Waals surface area contributed by atoms with Crippen LogP contribution in [-0.4, -0.2) is 20.9 Å². The molecular formula is C24H18N4OS. The molecule has 5 nitrogen and oxygen atoms in total. The van der Waals surface area contributed by atoms with Crippen molar-refractivity contribution in [1.29, 1.82) is 0 Å². The first kappa shape index (κ1) is 18.4. The summed E-state index contributed by atoms with van der Waals surface area (Å²) in [6, 6.07) is 11.3. The number of allylic oxidation sites excluding steroid dienone is 4. The molecular weight excluding hydrogens is 392 g/mol. The van der Waals surface area contributed by atoms with Gasteiger partial charge in [-0.05, 0) is 53.3 Å². The number of aromatic nitrogens is 3. The normalized spacial score (nSPS) is 12.9. The number of nitrogens with one attached hydrogen (secondary N) is 1. The van der Waals surface area contributed by atoms with Crippen LogP contribution >= 0.6 is 11.3 Å². The SMILES string of the molecule is O=C(NCc1cccnc1)c1ccc2nc(C3=CCC=C3)c(-c3ccsc3)nc2c1. The smallest absolute Gasteiger partial charge is 0.251 e. The molecule has 0 radical (unpaired) electrons. The lowest BCUT2D eigenvalue weighted by Crippen LogP contribution is -2.22. The van der Waals surface area contributed by atoms with Gasteiger partial charge in [0, 0.05) is 35.4 Å². The van der Waals surface area contributed by atoms with E-state index in [0.717, 1.165) is 40.0 Å². The Kier molecular flexibility index (Phi) is 4.91. The first-order chi connectivity index (χ1) is 14.8. The fraction of sp³-hybridized carbons (Fsp3) is 0.0833. The van der Waals surface area contributed by atoms with Crippen LogP contribution in [0.4, 0.5) is 0 Å². The van der Waals surface area contributed by atoms with Crippen molar-refractivity contribution in [3.05, 3.63) is 94.6 Å². The van der Waals surface area contributed by atoms with E-state index in [1.807, 2.05) is 29.6 Å². The summed E-state index contributed by atoms with van der Waals surface area (Å²) in [7, 11) is 0. The van der Waals surface area contributed by atoms with Gasteiger partial charge in [0.25, 0.3) is 5.91 Å². The molecule has 5 rings (SSSR count). The Balaban J connectivity index is 1.50. The van der Waals surface area contributed by atoms with Crippen molar-refractivity contribution in [2.45, 2.75) is 13.0 Å². The standard InChI is InChI=1S/C24H18N4OS/c29-24(26-14-16-4-3-10-25-13-16)18-7-8-20-21(12-18)28-23(19-9-11-30-15-19)22(27-20)17-5-1-2-6-17/h1,3-13,15H,2,14H2,(H,26,29). The van der Waals surface area contributed by atoms with Crippen molar-refractivity contribution >= 4 is 33.9 Å². The topological polar surface area (TPSA) is 67.8 Å². The molecule has 0 saturated carbocycles. The number of nitrogens with zero attached hydrogens (tertiary/aromatic N) is 3. The number of carbonyl (C=O) groups is 1. The van der Waals surface area contributed by atoms with Crippen molar-refractivity contribution in [2.75, 3.05) is 0 Å². The van der Waals surface area contributed by atoms with Crippen molar-refractivity contribution in [2.24, 2.45) is 0 Å². The maximum atomic E-state index is 12.7. The van der Waals surface area contributed by atoms with Crippen molar-refractivity contribution in [3.63, 3.8) is 0 Å². The maximum absolute atomic E-state index is 12.7. The van der Waals surface area contributed by atoms with E-state index in [9.17, 15) is 4.79 Å². The van der Waals surface area contributed by atoms with Crippen molar-refractivity contribution in [3.8, 4) is 11.3 Å². The Hall–Kier alpha value is -3.64. The number of fused-ring (bicyclic) bond motifs is 1. The molecule has 0 atom stereocenters. The molecule has 3 heterocycles. The van der Waals surface area contributed by atoms with Crippen molar-refractivity contribution in [1.82, 2.24) is 20.3 Å². The van der Waals surface area contributed by atoms with Crippen LogP contribution in [0, 0.1) is 0 Å². The summed E-state index contributed by atoms with van der Waals surface area (Å²) < 4.78 is 0. The molecule has 0 bridgehead atoms. The second kappa shape index (κ2) is 8.00. The zero-order valence-electron chi connectivity index (χ0n) is 16.1. The number of rotatable bonds is 5. The van der Waals surface area contributed by atoms with Crippen LogP contribution in [0.1, 0.15) is 28.0 Å². The van der Waals surface area contributed by atoms with Gasteiger partial charge in [-0.2, -0.15) is 11.3 Å². The van der Waals surface area contributed by atoms with Crippen LogP contribution in [0.3, 0.4) is 0 Å². The lowest BCUT2D eigenvalue weighted by Gasteiger charge is -2.10. The Morgan fingerprint density at radius 3 is 2.80 bits per heavy atom. The average Bonchev–Trinajstić information content (AvgIpc) is 3.51. The summed E-state index contributed by atoms with van der Waals surface area (Å²) in [5.74, 6) is -0.148. The number of hydrogen-bond acceptors (Lipinski definition) is 5. The van der Waals surface area contributed by atoms with Gasteiger partial charge < -0.3 is 5.32 Å². The molecule has 1 N–H and O–H groups in total. The summed E-state index contributed by atoms with van der Waals surface area (Å²) in [6.07, 6.45) is 10.7. The molecule has 0 unspecified atom stereocenters. The van der Waals surface area contributed by atoms with E-state index in [1.165, 1.54) is 0 Å². The zero-order chi connectivity index (χ0) is 20.3. The highest BCUT2D eigenvalue weighted by Gasteiger charge is 2.16. The van der Waals surface area contributed by atoms with E-state index in [1.54, 1.807) is 35.9 Å². The van der Waals surface area contributed by atoms with Gasteiger partial charge in [0.15, 0.2) is 0 Å². The Morgan fingerprint density at radius 1 is 1.10 bits per heavy atom. The summed E-state index contributed by atoms with van der Waals surface area (Å²) in [5.41, 5.74) is 6.84. The lowest BCUT2D eigenvalue weighted by atomic mass is 10.1. The third-order valence-electron chi connectivity index (χ3n) is 4.94. The molecule has 0 spiro atoms. The minimum atomic E-state index is -0.148. The van der Waals surface area contributed by atoms with Gasteiger partial charge in [-0.1, -0.05) is 24.3 Å². The van der Waals surface area contributed by atoms with E-state index in [4.69, 9.17) is 9.97 Å². The van der Waals surface area contributed by atoms with Gasteiger partial charge in [-0.15, -0.1) is 0 Å². The molecule has 30 heavy (non-hydrogen) atoms. The minimum absolute atomic E-state index is 0.148. The number of carbonyl (C=O) groups excluding carboxylic acids is 1. The van der Waals surface area contributed by atoms with Gasteiger partial charge >= 0.3 is 0 Å². The first-order valence-corrected chi connectivity index (χ1v) is 10.6. The molecule has 0 aliphatic heterocycles. The van der Waals surface area contributed by atoms with Gasteiger partial charge in [0.2, 0.25) is 0 Å². The summed E-state index contributed by atoms with van der Waals surface area (Å²) in [5, 5.41) is 7.04. The highest BCUT2D eigenvalue weighted by Crippen LogP contribution is 2.32. The summed E-state index contributed by atoms with van der Waals surface area (Å²) >= 11 is 1.63. The second-order valence-corrected chi connectivity index (χ2v) is 7.76. The molecule has 146 valence electrons. The monoisotopic (exact) mass is 410 g/mol. The number of amides is 1. The summed E-state index contributed by atoms with van der Waals surface area (Å²) in [4.78, 5) is 26.5. The largest absolute Gasteiger partial charge is 0.348 e. The Bertz CT molecular complexity index is 1280. The third kappa shape index (κ3) is 3.65. The fourth-order valence-electron chi connectivity index (χ4n) is 3.42. The second-order valence-electron chi connectivity index (χ2n) is 6.98. The predicted octanol–water partition coefficient (Wildman–Crippen LogP) is 5.03. The van der Waals surface area contributed by atoms with Crippen LogP contribution in [0.2, 0.25) is 0 Å². The van der Waals surface area contributed by atoms with Gasteiger partial charge in [-0.25, -0.2) is 9.97 Å². The maximum Gasteiger partial charge on any atom is 0.251 e. The molecule has 0 saturated heterocycles. The molecule has 0 fully saturated rings. The number of benzene rings is 1. The number of thiophene rings is 1. The quantitative estimate of drug-likeness (QED) is 0.501. The highest BCUT2D eigenvalue weighted by molar-refractivity contribution is 7.08. The molecule has 3 aromatic heterocycles. The molecule has 6 heteroatoms. The lowest BCUT2D eigenvalue weighted by molar-refractivity contribution is 0.0951. The average molecular weight is 411 g/mol. The highest BCUT2D eigenvalue weighted by atomic mass is 32.1. The Morgan fingerprint density at radius 2 is 2.03 bits per heavy atom. The zero-order valence-corrected chi connectivity index (χ0v) is 16.9. The van der Waals surface area contributed by atoms with E-state index in [2.05, 4.69) is 33.9 Å². The van der Waals surface area contributed by atoms with E-state index in [0.29, 0.717) is 17.6 Å². The van der Waals surface area contributed by atoms with E-state index in [-0.39, 0.29) is 5.91 Å². The fourth-order valence-corrected chi connectivity index (χ4v) is 4.06. The number of hydrogen-bond donors (Lipinski definition) is 1. The van der Waals surface area contributed by atoms with Crippen LogP contribution in [0.25, 0.3) is 27.9 Å². The molecule has 1 aliphatic carbocycles.